The topological polar surface area (TPSA) is 7.76 Å². The number of rotatable bonds is 2. The number of aryl methyl sites for hydroxylation is 4. The number of aromatic nitrogens is 2. The maximum Gasteiger partial charge on any atom is 0.227 e. The largest absolute Gasteiger partial charge is 0.227 e. The van der Waals surface area contributed by atoms with Crippen LogP contribution in [0.5, 0.6) is 0 Å². The molecule has 2 aromatic carbocycles. The van der Waals surface area contributed by atoms with E-state index in [1.54, 1.807) is 11.5 Å². The Balaban J connectivity index is 2.04. The average molecular weight is 361 g/mol. The van der Waals surface area contributed by atoms with Crippen molar-refractivity contribution in [1.82, 2.24) is 0 Å². The third-order valence-corrected chi connectivity index (χ3v) is 5.99. The van der Waals surface area contributed by atoms with Crippen molar-refractivity contribution in [1.29, 1.82) is 0 Å². The van der Waals surface area contributed by atoms with Crippen molar-refractivity contribution < 1.29 is 8.52 Å². The Kier molecular flexibility index (Phi) is 4.12. The van der Waals surface area contributed by atoms with E-state index in [0.717, 1.165) is 0 Å². The van der Waals surface area contributed by atoms with Crippen LogP contribution in [-0.2, 0) is 7.05 Å². The van der Waals surface area contributed by atoms with Gasteiger partial charge in [0, 0.05) is 35.6 Å². The molecule has 0 fully saturated rings. The predicted molar refractivity (Wildman–Crippen MR) is 109 cm³/mol. The molecule has 0 aliphatic carbocycles. The van der Waals surface area contributed by atoms with Crippen LogP contribution in [0.25, 0.3) is 27.7 Å². The van der Waals surface area contributed by atoms with Gasteiger partial charge in [0.1, 0.15) is 11.5 Å². The first-order chi connectivity index (χ1) is 12.5. The summed E-state index contributed by atoms with van der Waals surface area (Å²) < 4.78 is 4.59. The molecule has 4 rings (SSSR count). The van der Waals surface area contributed by atoms with Gasteiger partial charge in [-0.25, -0.2) is 0 Å². The van der Waals surface area contributed by atoms with Gasteiger partial charge in [-0.15, -0.1) is 3.96 Å². The third-order valence-electron chi connectivity index (χ3n) is 5.22. The van der Waals surface area contributed by atoms with Crippen molar-refractivity contribution in [3.63, 3.8) is 0 Å². The van der Waals surface area contributed by atoms with E-state index in [-0.39, 0.29) is 0 Å². The number of hydrogen-bond donors (Lipinski definition) is 0. The third kappa shape index (κ3) is 2.63. The zero-order valence-corrected chi connectivity index (χ0v) is 16.8. The average Bonchev–Trinajstić information content (AvgIpc) is 3.01. The van der Waals surface area contributed by atoms with E-state index in [0.29, 0.717) is 0 Å². The van der Waals surface area contributed by atoms with Crippen LogP contribution in [0.1, 0.15) is 22.4 Å². The molecular formula is C23H24N2S+2. The lowest BCUT2D eigenvalue weighted by Crippen LogP contribution is -2.36. The fourth-order valence-corrected chi connectivity index (χ4v) is 4.70. The minimum absolute atomic E-state index is 1.25. The van der Waals surface area contributed by atoms with Crippen LogP contribution in [-0.4, -0.2) is 0 Å². The molecular weight excluding hydrogens is 336 g/mol. The van der Waals surface area contributed by atoms with Gasteiger partial charge >= 0.3 is 0 Å². The number of benzene rings is 2. The van der Waals surface area contributed by atoms with E-state index < -0.39 is 0 Å². The van der Waals surface area contributed by atoms with Crippen LogP contribution in [0.2, 0.25) is 0 Å². The quantitative estimate of drug-likeness (QED) is 0.449. The van der Waals surface area contributed by atoms with Gasteiger partial charge in [-0.2, -0.15) is 4.57 Å². The van der Waals surface area contributed by atoms with Gasteiger partial charge in [-0.05, 0) is 43.9 Å². The maximum absolute atomic E-state index is 2.35. The van der Waals surface area contributed by atoms with Crippen molar-refractivity contribution in [2.75, 3.05) is 0 Å². The molecule has 2 aromatic heterocycles. The van der Waals surface area contributed by atoms with Crippen LogP contribution in [0.4, 0.5) is 0 Å². The summed E-state index contributed by atoms with van der Waals surface area (Å²) in [5.74, 6) is 0. The molecule has 0 unspecified atom stereocenters. The standard InChI is InChI=1S/C23H24N2S/c1-15-12-16(2)23(18(4)22(15)21-10-11-26-24(21)5)25-14-20-9-7-6-8-19(20)13-17(25)3/h6-14H,1-5H3/q+2. The highest BCUT2D eigenvalue weighted by atomic mass is 32.1. The van der Waals surface area contributed by atoms with E-state index in [9.17, 15) is 0 Å². The highest BCUT2D eigenvalue weighted by Crippen LogP contribution is 2.31. The van der Waals surface area contributed by atoms with Crippen LogP contribution in [0, 0.1) is 27.7 Å². The van der Waals surface area contributed by atoms with Gasteiger partial charge in [-0.3, -0.25) is 0 Å². The molecule has 0 atom stereocenters. The van der Waals surface area contributed by atoms with Crippen molar-refractivity contribution in [3.05, 3.63) is 76.4 Å². The molecule has 0 bridgehead atoms. The highest BCUT2D eigenvalue weighted by molar-refractivity contribution is 6.99. The molecule has 0 N–H and O–H groups in total. The lowest BCUT2D eigenvalue weighted by atomic mass is 9.94. The fourth-order valence-electron chi connectivity index (χ4n) is 4.06. The second kappa shape index (κ2) is 6.33. The first-order valence-electron chi connectivity index (χ1n) is 8.94. The smallest absolute Gasteiger partial charge is 0.164 e. The van der Waals surface area contributed by atoms with Crippen molar-refractivity contribution in [2.24, 2.45) is 7.05 Å². The Labute approximate surface area is 159 Å². The number of fused-ring (bicyclic) bond motifs is 1. The summed E-state index contributed by atoms with van der Waals surface area (Å²) in [4.78, 5) is 0. The molecule has 0 saturated carbocycles. The first kappa shape index (κ1) is 16.9. The molecule has 2 heterocycles. The summed E-state index contributed by atoms with van der Waals surface area (Å²) in [5, 5.41) is 4.70. The minimum Gasteiger partial charge on any atom is -0.164 e. The van der Waals surface area contributed by atoms with Crippen LogP contribution in [0.15, 0.2) is 54.0 Å². The molecule has 0 saturated heterocycles. The molecule has 2 nitrogen and oxygen atoms in total. The van der Waals surface area contributed by atoms with Crippen LogP contribution < -0.4 is 8.52 Å². The molecule has 4 aromatic rings. The Hall–Kier alpha value is -2.52. The van der Waals surface area contributed by atoms with Gasteiger partial charge in [0.15, 0.2) is 18.9 Å². The van der Waals surface area contributed by atoms with Gasteiger partial charge in [0.25, 0.3) is 0 Å². The molecule has 0 amide bonds. The minimum atomic E-state index is 1.25. The van der Waals surface area contributed by atoms with Crippen LogP contribution >= 0.6 is 11.5 Å². The van der Waals surface area contributed by atoms with Gasteiger partial charge < -0.3 is 0 Å². The molecule has 3 heteroatoms. The molecule has 0 radical (unpaired) electrons. The zero-order chi connectivity index (χ0) is 18.4. The van der Waals surface area contributed by atoms with E-state index in [1.165, 1.54) is 50.1 Å². The number of pyridine rings is 1. The van der Waals surface area contributed by atoms with Gasteiger partial charge in [0.2, 0.25) is 11.4 Å². The van der Waals surface area contributed by atoms with E-state index in [1.807, 2.05) is 0 Å². The summed E-state index contributed by atoms with van der Waals surface area (Å²) in [5.41, 5.74) is 9.14. The van der Waals surface area contributed by atoms with E-state index >= 15 is 0 Å². The number of nitrogens with zero attached hydrogens (tertiary/aromatic N) is 2. The Morgan fingerprint density at radius 1 is 0.846 bits per heavy atom. The monoisotopic (exact) mass is 360 g/mol. The first-order valence-corrected chi connectivity index (χ1v) is 9.77. The molecule has 130 valence electrons. The maximum atomic E-state index is 2.35. The molecule has 26 heavy (non-hydrogen) atoms. The zero-order valence-electron chi connectivity index (χ0n) is 16.0. The number of hydrogen-bond acceptors (Lipinski definition) is 1. The molecule has 0 aliphatic heterocycles. The lowest BCUT2D eigenvalue weighted by Gasteiger charge is -2.13. The summed E-state index contributed by atoms with van der Waals surface area (Å²) in [6.45, 7) is 8.88. The summed E-state index contributed by atoms with van der Waals surface area (Å²) in [6, 6.07) is 15.4. The summed E-state index contributed by atoms with van der Waals surface area (Å²) in [7, 11) is 2.13. The summed E-state index contributed by atoms with van der Waals surface area (Å²) >= 11 is 1.74. The second-order valence-corrected chi connectivity index (χ2v) is 8.09. The Bertz CT molecular complexity index is 1140. The normalized spacial score (nSPS) is 11.3. The van der Waals surface area contributed by atoms with E-state index in [4.69, 9.17) is 0 Å². The Morgan fingerprint density at radius 3 is 2.27 bits per heavy atom. The van der Waals surface area contributed by atoms with Gasteiger partial charge in [-0.1, -0.05) is 18.2 Å². The lowest BCUT2D eigenvalue weighted by molar-refractivity contribution is -0.602. The fraction of sp³-hybridized carbons (Fsp3) is 0.217. The highest BCUT2D eigenvalue weighted by Gasteiger charge is 2.25. The van der Waals surface area contributed by atoms with Crippen LogP contribution in [0.3, 0.4) is 0 Å². The Morgan fingerprint density at radius 2 is 1.58 bits per heavy atom. The second-order valence-electron chi connectivity index (χ2n) is 7.06. The van der Waals surface area contributed by atoms with Crippen molar-refractivity contribution >= 4 is 22.3 Å². The van der Waals surface area contributed by atoms with Gasteiger partial charge in [0.05, 0.1) is 10.9 Å². The van der Waals surface area contributed by atoms with Crippen molar-refractivity contribution in [2.45, 2.75) is 27.7 Å². The SMILES string of the molecule is Cc1cc(C)c(-[n+]2cc3ccccc3cc2C)c(C)c1-c1ccs[n+]1C. The molecule has 0 aliphatic rings. The summed E-state index contributed by atoms with van der Waals surface area (Å²) in [6.07, 6.45) is 2.27. The predicted octanol–water partition coefficient (Wildman–Crippen LogP) is 4.90. The van der Waals surface area contributed by atoms with Crippen molar-refractivity contribution in [3.8, 4) is 16.9 Å². The van der Waals surface area contributed by atoms with E-state index in [2.05, 4.69) is 97.3 Å². The molecule has 0 spiro atoms.